The van der Waals surface area contributed by atoms with Gasteiger partial charge in [0.1, 0.15) is 5.56 Å². The second-order valence-corrected chi connectivity index (χ2v) is 3.01. The molecule has 0 saturated heterocycles. The highest BCUT2D eigenvalue weighted by atomic mass is 19.4. The molecule has 11 heteroatoms. The average Bonchev–Trinajstić information content (AvgIpc) is 2.25. The van der Waals surface area contributed by atoms with Crippen LogP contribution >= 0.6 is 0 Å². The molecule has 0 aliphatic rings. The fourth-order valence-corrected chi connectivity index (χ4v) is 1.11. The number of alkyl halides is 5. The van der Waals surface area contributed by atoms with E-state index >= 15 is 0 Å². The molecule has 6 nitrogen and oxygen atoms in total. The number of hydrogen-bond acceptors (Lipinski definition) is 5. The summed E-state index contributed by atoms with van der Waals surface area (Å²) in [4.78, 5) is 22.3. The van der Waals surface area contributed by atoms with Gasteiger partial charge >= 0.3 is 18.6 Å². The number of carbonyl (C=O) groups is 1. The van der Waals surface area contributed by atoms with Gasteiger partial charge in [-0.2, -0.15) is 0 Å². The Hall–Kier alpha value is -2.33. The number of aldehydes is 1. The Morgan fingerprint density at radius 1 is 1.42 bits per heavy atom. The molecule has 0 aliphatic heterocycles. The van der Waals surface area contributed by atoms with Gasteiger partial charge in [-0.25, -0.2) is 8.78 Å². The fourth-order valence-electron chi connectivity index (χ4n) is 1.11. The van der Waals surface area contributed by atoms with E-state index in [1.165, 1.54) is 0 Å². The zero-order chi connectivity index (χ0) is 14.8. The van der Waals surface area contributed by atoms with Crippen LogP contribution in [-0.4, -0.2) is 22.6 Å². The summed E-state index contributed by atoms with van der Waals surface area (Å²) in [6.07, 6.45) is -9.04. The lowest BCUT2D eigenvalue weighted by atomic mass is 10.2. The molecular weight excluding hydrogens is 283 g/mol. The molecule has 19 heavy (non-hydrogen) atoms. The van der Waals surface area contributed by atoms with Crippen LogP contribution in [0.5, 0.6) is 5.75 Å². The van der Waals surface area contributed by atoms with E-state index in [0.717, 1.165) is 0 Å². The fraction of sp³-hybridized carbons (Fsp3) is 0.250. The number of nitro groups is 1. The Bertz CT molecular complexity index is 517. The van der Waals surface area contributed by atoms with Gasteiger partial charge in [0.2, 0.25) is 0 Å². The molecule has 0 aromatic carbocycles. The van der Waals surface area contributed by atoms with Crippen molar-refractivity contribution in [1.29, 1.82) is 0 Å². The van der Waals surface area contributed by atoms with Gasteiger partial charge in [0.25, 0.3) is 5.69 Å². The maximum atomic E-state index is 12.5. The minimum Gasteiger partial charge on any atom is -0.401 e. The van der Waals surface area contributed by atoms with Gasteiger partial charge in [-0.3, -0.25) is 4.79 Å². The molecule has 0 spiro atoms. The normalized spacial score (nSPS) is 11.5. The smallest absolute Gasteiger partial charge is 0.401 e. The van der Waals surface area contributed by atoms with E-state index in [1.807, 2.05) is 0 Å². The zero-order valence-electron chi connectivity index (χ0n) is 8.65. The van der Waals surface area contributed by atoms with Gasteiger partial charge in [-0.1, -0.05) is 0 Å². The second-order valence-electron chi connectivity index (χ2n) is 3.01. The number of rotatable bonds is 4. The van der Waals surface area contributed by atoms with E-state index in [9.17, 15) is 36.9 Å². The van der Waals surface area contributed by atoms with Crippen molar-refractivity contribution < 1.29 is 36.4 Å². The molecular formula is C8H3F5N2O4. The van der Waals surface area contributed by atoms with Crippen LogP contribution in [-0.2, 0) is 0 Å². The minimum absolute atomic E-state index is 0.188. The molecule has 1 heterocycles. The lowest BCUT2D eigenvalue weighted by molar-refractivity contribution is -0.390. The van der Waals surface area contributed by atoms with Crippen LogP contribution in [0.15, 0.2) is 6.07 Å². The van der Waals surface area contributed by atoms with E-state index < -0.39 is 40.5 Å². The summed E-state index contributed by atoms with van der Waals surface area (Å²) in [5.41, 5.74) is -2.48. The zero-order valence-corrected chi connectivity index (χ0v) is 8.65. The average molecular weight is 286 g/mol. The molecule has 0 bridgehead atoms. The van der Waals surface area contributed by atoms with Crippen molar-refractivity contribution >= 4 is 12.1 Å². The van der Waals surface area contributed by atoms with Gasteiger partial charge < -0.3 is 14.9 Å². The van der Waals surface area contributed by atoms with Gasteiger partial charge in [-0.05, 0) is 9.91 Å². The first-order valence-electron chi connectivity index (χ1n) is 4.34. The van der Waals surface area contributed by atoms with E-state index in [2.05, 4.69) is 9.72 Å². The Labute approximate surface area is 101 Å². The first kappa shape index (κ1) is 14.7. The second kappa shape index (κ2) is 5.12. The quantitative estimate of drug-likeness (QED) is 0.368. The molecule has 104 valence electrons. The number of halogens is 5. The molecule has 1 aromatic rings. The van der Waals surface area contributed by atoms with Crippen molar-refractivity contribution in [2.75, 3.05) is 0 Å². The third-order valence-electron chi connectivity index (χ3n) is 1.76. The molecule has 0 fully saturated rings. The minimum atomic E-state index is -5.30. The summed E-state index contributed by atoms with van der Waals surface area (Å²) in [7, 11) is 0. The highest BCUT2D eigenvalue weighted by Gasteiger charge is 2.37. The molecule has 0 saturated carbocycles. The van der Waals surface area contributed by atoms with Crippen LogP contribution < -0.4 is 4.74 Å². The molecule has 0 atom stereocenters. The van der Waals surface area contributed by atoms with Crippen molar-refractivity contribution in [3.63, 3.8) is 0 Å². The molecule has 0 radical (unpaired) electrons. The predicted octanol–water partition coefficient (Wildman–Crippen LogP) is 2.64. The Kier molecular flexibility index (Phi) is 3.97. The number of pyridine rings is 1. The summed E-state index contributed by atoms with van der Waals surface area (Å²) in [6.45, 7) is 0. The van der Waals surface area contributed by atoms with Crippen LogP contribution in [0.2, 0.25) is 0 Å². The molecule has 1 aromatic heterocycles. The topological polar surface area (TPSA) is 82.3 Å². The van der Waals surface area contributed by atoms with Crippen LogP contribution in [0.25, 0.3) is 0 Å². The van der Waals surface area contributed by atoms with Crippen LogP contribution in [0.4, 0.5) is 27.8 Å². The number of aromatic nitrogens is 1. The summed E-state index contributed by atoms with van der Waals surface area (Å²) in [6, 6.07) is 0.188. The monoisotopic (exact) mass is 286 g/mol. The Morgan fingerprint density at radius 3 is 2.37 bits per heavy atom. The molecule has 0 amide bonds. The van der Waals surface area contributed by atoms with Crippen molar-refractivity contribution in [1.82, 2.24) is 4.98 Å². The number of hydrogen-bond donors (Lipinski definition) is 0. The van der Waals surface area contributed by atoms with E-state index in [4.69, 9.17) is 0 Å². The van der Waals surface area contributed by atoms with Gasteiger partial charge in [-0.15, -0.1) is 13.2 Å². The Balaban J connectivity index is 3.45. The lowest BCUT2D eigenvalue weighted by Crippen LogP contribution is -2.19. The summed E-state index contributed by atoms with van der Waals surface area (Å²) in [5.74, 6) is -2.74. The largest absolute Gasteiger partial charge is 0.573 e. The van der Waals surface area contributed by atoms with Crippen molar-refractivity contribution in [3.8, 4) is 5.75 Å². The highest BCUT2D eigenvalue weighted by Crippen LogP contribution is 2.34. The van der Waals surface area contributed by atoms with Gasteiger partial charge in [0, 0.05) is 6.07 Å². The summed E-state index contributed by atoms with van der Waals surface area (Å²) >= 11 is 0. The third-order valence-corrected chi connectivity index (χ3v) is 1.76. The van der Waals surface area contributed by atoms with Gasteiger partial charge in [0.15, 0.2) is 12.0 Å². The van der Waals surface area contributed by atoms with Crippen molar-refractivity contribution in [2.24, 2.45) is 0 Å². The lowest BCUT2D eigenvalue weighted by Gasteiger charge is -2.10. The highest BCUT2D eigenvalue weighted by molar-refractivity contribution is 5.81. The third kappa shape index (κ3) is 3.56. The van der Waals surface area contributed by atoms with Gasteiger partial charge in [0.05, 0.1) is 0 Å². The Morgan fingerprint density at radius 2 is 2.00 bits per heavy atom. The maximum Gasteiger partial charge on any atom is 0.573 e. The SMILES string of the molecule is O=Cc1cc(OC(F)(F)F)c(C(F)F)nc1[N+](=O)[O-]. The number of carbonyl (C=O) groups excluding carboxylic acids is 1. The molecule has 1 rings (SSSR count). The molecule has 0 N–H and O–H groups in total. The van der Waals surface area contributed by atoms with E-state index in [1.54, 1.807) is 0 Å². The number of ether oxygens (including phenoxy) is 1. The van der Waals surface area contributed by atoms with E-state index in [-0.39, 0.29) is 12.4 Å². The van der Waals surface area contributed by atoms with Crippen LogP contribution in [0.3, 0.4) is 0 Å². The van der Waals surface area contributed by atoms with Crippen LogP contribution in [0, 0.1) is 10.1 Å². The standard InChI is InChI=1S/C8H3F5N2O4/c9-6(10)5-4(19-8(11,12)13)1-3(2-16)7(14-5)15(17)18/h1-2,6H. The summed E-state index contributed by atoms with van der Waals surface area (Å²) in [5, 5.41) is 10.4. The first-order valence-corrected chi connectivity index (χ1v) is 4.34. The molecule has 0 unspecified atom stereocenters. The first-order chi connectivity index (χ1) is 8.65. The predicted molar refractivity (Wildman–Crippen MR) is 47.9 cm³/mol. The molecule has 0 aliphatic carbocycles. The number of nitrogens with zero attached hydrogens (tertiary/aromatic N) is 2. The van der Waals surface area contributed by atoms with Crippen molar-refractivity contribution in [2.45, 2.75) is 12.8 Å². The van der Waals surface area contributed by atoms with Crippen molar-refractivity contribution in [3.05, 3.63) is 27.4 Å². The maximum absolute atomic E-state index is 12.5. The van der Waals surface area contributed by atoms with Crippen LogP contribution in [0.1, 0.15) is 22.5 Å². The van der Waals surface area contributed by atoms with E-state index in [0.29, 0.717) is 0 Å². The summed E-state index contributed by atoms with van der Waals surface area (Å²) < 4.78 is 64.1.